The lowest BCUT2D eigenvalue weighted by Crippen LogP contribution is -2.46. The van der Waals surface area contributed by atoms with Crippen molar-refractivity contribution in [3.63, 3.8) is 0 Å². The third kappa shape index (κ3) is 5.55. The summed E-state index contributed by atoms with van der Waals surface area (Å²) in [4.78, 5) is 11.9. The molecule has 1 amide bonds. The van der Waals surface area contributed by atoms with Gasteiger partial charge in [-0.25, -0.2) is 8.42 Å². The van der Waals surface area contributed by atoms with Gasteiger partial charge in [-0.05, 0) is 52.0 Å². The normalized spacial score (nSPS) is 13.4. The number of amides is 1. The summed E-state index contributed by atoms with van der Waals surface area (Å²) in [5.41, 5.74) is 0.207. The highest BCUT2D eigenvalue weighted by atomic mass is 32.2. The Morgan fingerprint density at radius 2 is 1.73 bits per heavy atom. The SMILES string of the molecule is CC(Oc1ccc(N(C)S(C)(=O)=O)cc1)C(=O)NC(C)(C)C. The van der Waals surface area contributed by atoms with E-state index in [1.807, 2.05) is 20.8 Å². The average Bonchev–Trinajstić information content (AvgIpc) is 2.35. The van der Waals surface area contributed by atoms with Crippen molar-refractivity contribution in [3.8, 4) is 5.75 Å². The second-order valence-electron chi connectivity index (χ2n) is 6.22. The molecule has 0 saturated carbocycles. The standard InChI is InChI=1S/C15H24N2O4S/c1-11(14(18)16-15(2,3)4)21-13-9-7-12(8-10-13)17(5)22(6,19)20/h7-11H,1-6H3,(H,16,18). The lowest BCUT2D eigenvalue weighted by atomic mass is 10.1. The van der Waals surface area contributed by atoms with Crippen LogP contribution in [0, 0.1) is 0 Å². The lowest BCUT2D eigenvalue weighted by molar-refractivity contribution is -0.128. The van der Waals surface area contributed by atoms with Crippen molar-refractivity contribution in [2.45, 2.75) is 39.3 Å². The average molecular weight is 328 g/mol. The Morgan fingerprint density at radius 3 is 2.14 bits per heavy atom. The minimum absolute atomic E-state index is 0.204. The molecule has 1 N–H and O–H groups in total. The Labute approximate surface area is 132 Å². The number of carbonyl (C=O) groups excluding carboxylic acids is 1. The minimum Gasteiger partial charge on any atom is -0.481 e. The second kappa shape index (κ2) is 6.56. The fourth-order valence-electron chi connectivity index (χ4n) is 1.65. The van der Waals surface area contributed by atoms with E-state index in [0.717, 1.165) is 6.26 Å². The molecule has 6 nitrogen and oxygen atoms in total. The van der Waals surface area contributed by atoms with Gasteiger partial charge in [0.05, 0.1) is 11.9 Å². The molecule has 0 aliphatic heterocycles. The number of benzene rings is 1. The maximum atomic E-state index is 11.9. The largest absolute Gasteiger partial charge is 0.481 e. The van der Waals surface area contributed by atoms with E-state index in [1.165, 1.54) is 11.4 Å². The molecule has 7 heteroatoms. The second-order valence-corrected chi connectivity index (χ2v) is 8.24. The van der Waals surface area contributed by atoms with Crippen LogP contribution in [0.3, 0.4) is 0 Å². The summed E-state index contributed by atoms with van der Waals surface area (Å²) in [5, 5.41) is 2.84. The van der Waals surface area contributed by atoms with Crippen LogP contribution in [0.25, 0.3) is 0 Å². The molecular formula is C15H24N2O4S. The lowest BCUT2D eigenvalue weighted by Gasteiger charge is -2.24. The van der Waals surface area contributed by atoms with Crippen LogP contribution < -0.4 is 14.4 Å². The fourth-order valence-corrected chi connectivity index (χ4v) is 2.16. The van der Waals surface area contributed by atoms with Crippen LogP contribution in [-0.4, -0.2) is 39.3 Å². The molecule has 1 aromatic carbocycles. The van der Waals surface area contributed by atoms with Crippen LogP contribution in [-0.2, 0) is 14.8 Å². The van der Waals surface area contributed by atoms with Gasteiger partial charge in [-0.1, -0.05) is 0 Å². The van der Waals surface area contributed by atoms with Crippen molar-refractivity contribution in [2.75, 3.05) is 17.6 Å². The summed E-state index contributed by atoms with van der Waals surface area (Å²) in [5.74, 6) is 0.298. The first-order valence-electron chi connectivity index (χ1n) is 6.93. The van der Waals surface area contributed by atoms with Gasteiger partial charge in [-0.3, -0.25) is 9.10 Å². The third-order valence-electron chi connectivity index (χ3n) is 2.88. The van der Waals surface area contributed by atoms with Gasteiger partial charge in [-0.15, -0.1) is 0 Å². The highest BCUT2D eigenvalue weighted by molar-refractivity contribution is 7.92. The molecule has 0 aromatic heterocycles. The van der Waals surface area contributed by atoms with E-state index in [2.05, 4.69) is 5.32 Å². The maximum Gasteiger partial charge on any atom is 0.261 e. The predicted octanol–water partition coefficient (Wildman–Crippen LogP) is 1.76. The molecule has 0 radical (unpaired) electrons. The summed E-state index contributed by atoms with van der Waals surface area (Å²) in [6.45, 7) is 7.35. The first kappa shape index (κ1) is 18.3. The number of sulfonamides is 1. The van der Waals surface area contributed by atoms with Crippen LogP contribution in [0.5, 0.6) is 5.75 Å². The zero-order valence-corrected chi connectivity index (χ0v) is 14.7. The fraction of sp³-hybridized carbons (Fsp3) is 0.533. The Morgan fingerprint density at radius 1 is 1.23 bits per heavy atom. The highest BCUT2D eigenvalue weighted by Crippen LogP contribution is 2.21. The summed E-state index contributed by atoms with van der Waals surface area (Å²) in [7, 11) is -1.82. The predicted molar refractivity (Wildman–Crippen MR) is 87.7 cm³/mol. The zero-order chi connectivity index (χ0) is 17.1. The molecule has 1 rings (SSSR count). The van der Waals surface area contributed by atoms with Gasteiger partial charge in [0.2, 0.25) is 10.0 Å². The summed E-state index contributed by atoms with van der Waals surface area (Å²) < 4.78 is 29.7. The van der Waals surface area contributed by atoms with Crippen LogP contribution >= 0.6 is 0 Å². The van der Waals surface area contributed by atoms with E-state index in [0.29, 0.717) is 11.4 Å². The molecule has 0 bridgehead atoms. The van der Waals surface area contributed by atoms with E-state index in [-0.39, 0.29) is 11.4 Å². The Balaban J connectivity index is 2.74. The molecule has 1 atom stereocenters. The van der Waals surface area contributed by atoms with Crippen molar-refractivity contribution in [2.24, 2.45) is 0 Å². The molecule has 1 aromatic rings. The van der Waals surface area contributed by atoms with E-state index in [4.69, 9.17) is 4.74 Å². The maximum absolute atomic E-state index is 11.9. The molecule has 1 unspecified atom stereocenters. The molecule has 0 aliphatic rings. The van der Waals surface area contributed by atoms with Crippen LogP contribution in [0.15, 0.2) is 24.3 Å². The van der Waals surface area contributed by atoms with Crippen LogP contribution in [0.1, 0.15) is 27.7 Å². The van der Waals surface area contributed by atoms with Crippen molar-refractivity contribution >= 4 is 21.6 Å². The number of nitrogens with one attached hydrogen (secondary N) is 1. The Kier molecular flexibility index (Phi) is 5.45. The molecule has 0 aliphatic carbocycles. The molecule has 0 saturated heterocycles. The third-order valence-corrected chi connectivity index (χ3v) is 4.08. The zero-order valence-electron chi connectivity index (χ0n) is 13.9. The Hall–Kier alpha value is -1.76. The first-order chi connectivity index (χ1) is 9.90. The van der Waals surface area contributed by atoms with Crippen molar-refractivity contribution in [3.05, 3.63) is 24.3 Å². The van der Waals surface area contributed by atoms with Crippen molar-refractivity contribution < 1.29 is 17.9 Å². The number of nitrogens with zero attached hydrogens (tertiary/aromatic N) is 1. The molecule has 0 heterocycles. The molecular weight excluding hydrogens is 304 g/mol. The van der Waals surface area contributed by atoms with Gasteiger partial charge in [-0.2, -0.15) is 0 Å². The van der Waals surface area contributed by atoms with Crippen LogP contribution in [0.2, 0.25) is 0 Å². The molecule has 0 fully saturated rings. The van der Waals surface area contributed by atoms with Gasteiger partial charge >= 0.3 is 0 Å². The monoisotopic (exact) mass is 328 g/mol. The van der Waals surface area contributed by atoms with Gasteiger partial charge in [0.1, 0.15) is 5.75 Å². The summed E-state index contributed by atoms with van der Waals surface area (Å²) >= 11 is 0. The molecule has 22 heavy (non-hydrogen) atoms. The molecule has 124 valence electrons. The minimum atomic E-state index is -3.30. The first-order valence-corrected chi connectivity index (χ1v) is 8.77. The number of ether oxygens (including phenoxy) is 1. The van der Waals surface area contributed by atoms with Gasteiger partial charge in [0.25, 0.3) is 5.91 Å². The quantitative estimate of drug-likeness (QED) is 0.894. The summed E-state index contributed by atoms with van der Waals surface area (Å²) in [6.07, 6.45) is 0.494. The number of hydrogen-bond acceptors (Lipinski definition) is 4. The van der Waals surface area contributed by atoms with Gasteiger partial charge in [0.15, 0.2) is 6.10 Å². The summed E-state index contributed by atoms with van der Waals surface area (Å²) in [6, 6.07) is 6.53. The highest BCUT2D eigenvalue weighted by Gasteiger charge is 2.20. The van der Waals surface area contributed by atoms with Gasteiger partial charge in [0, 0.05) is 12.6 Å². The van der Waals surface area contributed by atoms with Crippen molar-refractivity contribution in [1.82, 2.24) is 5.32 Å². The van der Waals surface area contributed by atoms with Crippen molar-refractivity contribution in [1.29, 1.82) is 0 Å². The van der Waals surface area contributed by atoms with E-state index < -0.39 is 16.1 Å². The smallest absolute Gasteiger partial charge is 0.261 e. The van der Waals surface area contributed by atoms with E-state index in [1.54, 1.807) is 31.2 Å². The van der Waals surface area contributed by atoms with Crippen LogP contribution in [0.4, 0.5) is 5.69 Å². The number of carbonyl (C=O) groups is 1. The topological polar surface area (TPSA) is 75.7 Å². The van der Waals surface area contributed by atoms with Gasteiger partial charge < -0.3 is 10.1 Å². The number of anilines is 1. The van der Waals surface area contributed by atoms with E-state index in [9.17, 15) is 13.2 Å². The number of hydrogen-bond donors (Lipinski definition) is 1. The van der Waals surface area contributed by atoms with E-state index >= 15 is 0 Å². The molecule has 0 spiro atoms. The number of rotatable bonds is 5. The Bertz CT molecular complexity index is 618.